The highest BCUT2D eigenvalue weighted by atomic mass is 31.2. The lowest BCUT2D eigenvalue weighted by Gasteiger charge is -2.18. The van der Waals surface area contributed by atoms with Crippen molar-refractivity contribution in [1.29, 1.82) is 0 Å². The van der Waals surface area contributed by atoms with Gasteiger partial charge in [0.25, 0.3) is 0 Å². The molecule has 2 aromatic carbocycles. The summed E-state index contributed by atoms with van der Waals surface area (Å²) in [4.78, 5) is 18.0. The molecule has 2 aromatic rings. The van der Waals surface area contributed by atoms with Crippen LogP contribution in [0.5, 0.6) is 11.5 Å². The zero-order valence-electron chi connectivity index (χ0n) is 15.3. The molecule has 28 heavy (non-hydrogen) atoms. The lowest BCUT2D eigenvalue weighted by Crippen LogP contribution is -2.28. The minimum absolute atomic E-state index is 0.00800. The topological polar surface area (TPSA) is 122 Å². The zero-order valence-corrected chi connectivity index (χ0v) is 16.2. The predicted octanol–water partition coefficient (Wildman–Crippen LogP) is 2.70. The van der Waals surface area contributed by atoms with Gasteiger partial charge in [-0.3, -0.25) is 4.52 Å². The Kier molecular flexibility index (Phi) is 4.98. The average molecular weight is 405 g/mol. The lowest BCUT2D eigenvalue weighted by molar-refractivity contribution is 0.161. The van der Waals surface area contributed by atoms with E-state index in [1.54, 1.807) is 12.1 Å². The molecule has 0 bridgehead atoms. The number of hydrogen-bond donors (Lipinski definition) is 4. The van der Waals surface area contributed by atoms with Crippen LogP contribution < -0.4 is 10.5 Å². The minimum atomic E-state index is -4.50. The van der Waals surface area contributed by atoms with Gasteiger partial charge >= 0.3 is 7.82 Å². The maximum Gasteiger partial charge on any atom is 0.469 e. The first kappa shape index (κ1) is 19.4. The van der Waals surface area contributed by atoms with Gasteiger partial charge in [0.05, 0.1) is 12.7 Å². The van der Waals surface area contributed by atoms with Crippen LogP contribution in [-0.2, 0) is 15.5 Å². The highest BCUT2D eigenvalue weighted by molar-refractivity contribution is 7.46. The van der Waals surface area contributed by atoms with Crippen LogP contribution in [0.2, 0.25) is 0 Å². The molecule has 7 nitrogen and oxygen atoms in total. The van der Waals surface area contributed by atoms with Crippen LogP contribution >= 0.6 is 7.82 Å². The van der Waals surface area contributed by atoms with Crippen molar-refractivity contribution in [3.05, 3.63) is 59.7 Å². The molecule has 0 amide bonds. The van der Waals surface area contributed by atoms with E-state index in [2.05, 4.69) is 0 Å². The van der Waals surface area contributed by atoms with Gasteiger partial charge in [0.1, 0.15) is 11.5 Å². The Labute approximate surface area is 163 Å². The molecule has 150 valence electrons. The van der Waals surface area contributed by atoms with Crippen molar-refractivity contribution < 1.29 is 28.7 Å². The predicted molar refractivity (Wildman–Crippen MR) is 103 cm³/mol. The molecule has 0 saturated heterocycles. The fourth-order valence-electron chi connectivity index (χ4n) is 4.29. The molecule has 0 heterocycles. The number of aromatic hydroxyl groups is 1. The standard InChI is InChI=1S/C20H24NO6P/c21-20-12-15(11-18(20)19(20)27-28(23,24)25)14-3-7-17(8-4-14)26-10-9-13-1-5-16(22)6-2-13/h1-8,15,18-19,22H,9-12,21H2,(H2,23,24,25)/t15-,18?,19?,20+/m1/s1. The maximum absolute atomic E-state index is 11.0. The van der Waals surface area contributed by atoms with E-state index in [1.807, 2.05) is 36.4 Å². The molecule has 2 fully saturated rings. The Morgan fingerprint density at radius 1 is 1.11 bits per heavy atom. The second-order valence-electron chi connectivity index (χ2n) is 7.71. The van der Waals surface area contributed by atoms with E-state index in [0.29, 0.717) is 13.0 Å². The van der Waals surface area contributed by atoms with Crippen LogP contribution in [0, 0.1) is 5.92 Å². The van der Waals surface area contributed by atoms with E-state index in [0.717, 1.165) is 29.7 Å². The number of benzene rings is 2. The molecule has 4 atom stereocenters. The van der Waals surface area contributed by atoms with E-state index in [4.69, 9.17) is 24.8 Å². The van der Waals surface area contributed by atoms with Gasteiger partial charge < -0.3 is 25.4 Å². The van der Waals surface area contributed by atoms with Gasteiger partial charge in [0.15, 0.2) is 0 Å². The third-order valence-corrected chi connectivity index (χ3v) is 6.31. The number of rotatable bonds is 7. The maximum atomic E-state index is 11.0. The van der Waals surface area contributed by atoms with Crippen molar-refractivity contribution in [3.63, 3.8) is 0 Å². The molecule has 5 N–H and O–H groups in total. The van der Waals surface area contributed by atoms with Crippen molar-refractivity contribution in [2.75, 3.05) is 6.61 Å². The summed E-state index contributed by atoms with van der Waals surface area (Å²) in [5.41, 5.74) is 7.90. The number of phenolic OH excluding ortho intramolecular Hbond substituents is 1. The number of phosphoric ester groups is 1. The van der Waals surface area contributed by atoms with Crippen molar-refractivity contribution in [3.8, 4) is 11.5 Å². The first-order valence-electron chi connectivity index (χ1n) is 9.28. The molecule has 0 aliphatic heterocycles. The average Bonchev–Trinajstić information content (AvgIpc) is 2.98. The second-order valence-corrected chi connectivity index (χ2v) is 8.90. The first-order valence-corrected chi connectivity index (χ1v) is 10.8. The van der Waals surface area contributed by atoms with Crippen LogP contribution in [0.4, 0.5) is 0 Å². The summed E-state index contributed by atoms with van der Waals surface area (Å²) in [5.74, 6) is 1.29. The fraction of sp³-hybridized carbons (Fsp3) is 0.400. The van der Waals surface area contributed by atoms with Gasteiger partial charge in [-0.2, -0.15) is 0 Å². The summed E-state index contributed by atoms with van der Waals surface area (Å²) in [6, 6.07) is 15.0. The van der Waals surface area contributed by atoms with Crippen molar-refractivity contribution in [1.82, 2.24) is 0 Å². The monoisotopic (exact) mass is 405 g/mol. The highest BCUT2D eigenvalue weighted by Crippen LogP contribution is 2.64. The van der Waals surface area contributed by atoms with Crippen LogP contribution in [0.3, 0.4) is 0 Å². The number of ether oxygens (including phenoxy) is 1. The summed E-state index contributed by atoms with van der Waals surface area (Å²) in [7, 11) is -4.50. The number of nitrogens with two attached hydrogens (primary N) is 1. The third kappa shape index (κ3) is 4.09. The van der Waals surface area contributed by atoms with Crippen LogP contribution in [0.25, 0.3) is 0 Å². The molecule has 4 rings (SSSR count). The first-order chi connectivity index (χ1) is 13.2. The summed E-state index contributed by atoms with van der Waals surface area (Å²) in [6.45, 7) is 0.545. The molecule has 0 spiro atoms. The molecule has 0 aromatic heterocycles. The third-order valence-electron chi connectivity index (χ3n) is 5.81. The van der Waals surface area contributed by atoms with Crippen LogP contribution in [0.15, 0.2) is 48.5 Å². The normalized spacial score (nSPS) is 28.8. The highest BCUT2D eigenvalue weighted by Gasteiger charge is 2.69. The van der Waals surface area contributed by atoms with Crippen molar-refractivity contribution in [2.24, 2.45) is 11.7 Å². The van der Waals surface area contributed by atoms with E-state index < -0.39 is 19.5 Å². The number of fused-ring (bicyclic) bond motifs is 1. The van der Waals surface area contributed by atoms with Gasteiger partial charge in [0, 0.05) is 17.9 Å². The molecule has 2 aliphatic rings. The Morgan fingerprint density at radius 2 is 1.79 bits per heavy atom. The smallest absolute Gasteiger partial charge is 0.469 e. The lowest BCUT2D eigenvalue weighted by atomic mass is 9.93. The van der Waals surface area contributed by atoms with Crippen molar-refractivity contribution >= 4 is 7.82 Å². The van der Waals surface area contributed by atoms with Gasteiger partial charge in [0.2, 0.25) is 0 Å². The van der Waals surface area contributed by atoms with Crippen molar-refractivity contribution in [2.45, 2.75) is 36.8 Å². The molecule has 8 heteroatoms. The molecule has 2 aliphatic carbocycles. The summed E-state index contributed by atoms with van der Waals surface area (Å²) >= 11 is 0. The summed E-state index contributed by atoms with van der Waals surface area (Å²) in [6.07, 6.45) is 1.63. The Bertz CT molecular complexity index is 881. The quantitative estimate of drug-likeness (QED) is 0.523. The van der Waals surface area contributed by atoms with E-state index in [1.165, 1.54) is 0 Å². The molecule has 2 saturated carbocycles. The fourth-order valence-corrected chi connectivity index (χ4v) is 4.93. The number of phosphoric acid groups is 1. The van der Waals surface area contributed by atoms with Gasteiger partial charge in [-0.1, -0.05) is 24.3 Å². The number of hydrogen-bond acceptors (Lipinski definition) is 5. The summed E-state index contributed by atoms with van der Waals surface area (Å²) in [5, 5.41) is 9.29. The van der Waals surface area contributed by atoms with Gasteiger partial charge in [-0.05, 0) is 54.2 Å². The molecule has 0 radical (unpaired) electrons. The minimum Gasteiger partial charge on any atom is -0.508 e. The molecule has 2 unspecified atom stereocenters. The van der Waals surface area contributed by atoms with E-state index in [-0.39, 0.29) is 17.6 Å². The zero-order chi connectivity index (χ0) is 19.9. The van der Waals surface area contributed by atoms with Crippen LogP contribution in [0.1, 0.15) is 29.9 Å². The Balaban J connectivity index is 1.28. The molecular formula is C20H24NO6P. The summed E-state index contributed by atoms with van der Waals surface area (Å²) < 4.78 is 21.6. The van der Waals surface area contributed by atoms with Gasteiger partial charge in [-0.15, -0.1) is 0 Å². The Morgan fingerprint density at radius 3 is 2.36 bits per heavy atom. The molecular weight excluding hydrogens is 381 g/mol. The second kappa shape index (κ2) is 7.17. The van der Waals surface area contributed by atoms with E-state index >= 15 is 0 Å². The largest absolute Gasteiger partial charge is 0.508 e. The van der Waals surface area contributed by atoms with E-state index in [9.17, 15) is 9.67 Å². The van der Waals surface area contributed by atoms with Gasteiger partial charge in [-0.25, -0.2) is 4.57 Å². The number of phenols is 1. The SMILES string of the molecule is N[C@@]12C[C@H](c3ccc(OCCc4ccc(O)cc4)cc3)CC1C2OP(=O)(O)O. The van der Waals surface area contributed by atoms with Crippen LogP contribution in [-0.4, -0.2) is 33.1 Å². The Hall–Kier alpha value is -1.89.